The van der Waals surface area contributed by atoms with E-state index in [0.29, 0.717) is 51.6 Å². The van der Waals surface area contributed by atoms with Crippen molar-refractivity contribution in [1.82, 2.24) is 19.3 Å². The van der Waals surface area contributed by atoms with Crippen LogP contribution in [0.4, 0.5) is 5.69 Å². The zero-order valence-electron chi connectivity index (χ0n) is 21.7. The Kier molecular flexibility index (Phi) is 6.85. The number of primary amides is 1. The van der Waals surface area contributed by atoms with Crippen LogP contribution in [0.2, 0.25) is 0 Å². The zero-order valence-corrected chi connectivity index (χ0v) is 23.9. The van der Waals surface area contributed by atoms with Crippen LogP contribution in [0.5, 0.6) is 0 Å². The Morgan fingerprint density at radius 1 is 1.15 bits per heavy atom. The summed E-state index contributed by atoms with van der Waals surface area (Å²) in [6, 6.07) is 12.1. The SMILES string of the molecule is CCn1c(-c2ccc(-c3c(C)on(C)c3=O)cn2)c(I)c2cc(C)nc(C(=O)Nc3cccc(C(N)=O)c3)c21. The molecule has 0 aliphatic carbocycles. The lowest BCUT2D eigenvalue weighted by atomic mass is 10.1. The van der Waals surface area contributed by atoms with Gasteiger partial charge in [0, 0.05) is 51.3 Å². The number of hydrogen-bond donors (Lipinski definition) is 2. The van der Waals surface area contributed by atoms with Crippen molar-refractivity contribution in [3.8, 4) is 22.5 Å². The highest BCUT2D eigenvalue weighted by Gasteiger charge is 2.24. The Balaban J connectivity index is 1.61. The fourth-order valence-corrected chi connectivity index (χ4v) is 5.72. The molecule has 0 atom stereocenters. The van der Waals surface area contributed by atoms with Gasteiger partial charge in [-0.1, -0.05) is 12.1 Å². The molecule has 5 aromatic rings. The molecule has 3 N–H and O–H groups in total. The van der Waals surface area contributed by atoms with Gasteiger partial charge in [-0.25, -0.2) is 4.98 Å². The Hall–Kier alpha value is -4.26. The summed E-state index contributed by atoms with van der Waals surface area (Å²) in [6.07, 6.45) is 1.66. The van der Waals surface area contributed by atoms with E-state index in [1.54, 1.807) is 38.4 Å². The average molecular weight is 636 g/mol. The highest BCUT2D eigenvalue weighted by atomic mass is 127. The first kappa shape index (κ1) is 26.4. The number of pyridine rings is 2. The standard InChI is InChI=1S/C28H25IN6O4/c1-5-35-24-19(11-14(2)32-23(24)27(37)33-18-8-6-7-16(12-18)26(30)36)22(29)25(35)20-10-9-17(13-31-20)21-15(3)39-34(4)28(21)38/h6-13H,5H2,1-4H3,(H2,30,36)(H,33,37). The summed E-state index contributed by atoms with van der Waals surface area (Å²) in [5.41, 5.74) is 10.2. The van der Waals surface area contributed by atoms with Crippen molar-refractivity contribution < 1.29 is 14.1 Å². The number of carbonyl (C=O) groups excluding carboxylic acids is 2. The van der Waals surface area contributed by atoms with Crippen LogP contribution >= 0.6 is 22.6 Å². The van der Waals surface area contributed by atoms with Gasteiger partial charge in [0.25, 0.3) is 11.5 Å². The van der Waals surface area contributed by atoms with Crippen LogP contribution in [0.15, 0.2) is 58.0 Å². The van der Waals surface area contributed by atoms with Gasteiger partial charge in [0.05, 0.1) is 22.5 Å². The lowest BCUT2D eigenvalue weighted by Gasteiger charge is -2.12. The molecule has 0 saturated carbocycles. The van der Waals surface area contributed by atoms with E-state index >= 15 is 0 Å². The summed E-state index contributed by atoms with van der Waals surface area (Å²) >= 11 is 2.27. The maximum Gasteiger partial charge on any atom is 0.290 e. The number of nitrogens with one attached hydrogen (secondary N) is 1. The second kappa shape index (κ2) is 10.1. The van der Waals surface area contributed by atoms with Crippen LogP contribution < -0.4 is 16.6 Å². The number of fused-ring (bicyclic) bond motifs is 1. The Morgan fingerprint density at radius 3 is 2.54 bits per heavy atom. The van der Waals surface area contributed by atoms with Crippen molar-refractivity contribution in [1.29, 1.82) is 0 Å². The van der Waals surface area contributed by atoms with E-state index in [1.165, 1.54) is 10.8 Å². The topological polar surface area (TPSA) is 138 Å². The van der Waals surface area contributed by atoms with Gasteiger partial charge < -0.3 is 20.1 Å². The van der Waals surface area contributed by atoms with Crippen LogP contribution in [-0.2, 0) is 13.6 Å². The number of nitrogens with zero attached hydrogens (tertiary/aromatic N) is 4. The molecule has 198 valence electrons. The van der Waals surface area contributed by atoms with Crippen LogP contribution in [-0.4, -0.2) is 31.1 Å². The number of amides is 2. The molecule has 0 radical (unpaired) electrons. The van der Waals surface area contributed by atoms with Gasteiger partial charge in [0.1, 0.15) is 5.76 Å². The van der Waals surface area contributed by atoms with Gasteiger partial charge in [0.15, 0.2) is 5.69 Å². The largest absolute Gasteiger partial charge is 0.381 e. The minimum atomic E-state index is -0.581. The molecule has 4 heterocycles. The van der Waals surface area contributed by atoms with Gasteiger partial charge in [-0.15, -0.1) is 0 Å². The first-order valence-electron chi connectivity index (χ1n) is 12.1. The van der Waals surface area contributed by atoms with Gasteiger partial charge >= 0.3 is 0 Å². The third-order valence-corrected chi connectivity index (χ3v) is 7.55. The number of halogens is 1. The summed E-state index contributed by atoms with van der Waals surface area (Å²) in [6.45, 7) is 6.13. The lowest BCUT2D eigenvalue weighted by Crippen LogP contribution is -2.17. The third kappa shape index (κ3) is 4.62. The molecule has 0 saturated heterocycles. The van der Waals surface area contributed by atoms with E-state index in [1.807, 2.05) is 36.6 Å². The van der Waals surface area contributed by atoms with E-state index in [-0.39, 0.29) is 11.3 Å². The van der Waals surface area contributed by atoms with E-state index in [9.17, 15) is 14.4 Å². The van der Waals surface area contributed by atoms with Crippen molar-refractivity contribution in [3.05, 3.63) is 85.3 Å². The summed E-state index contributed by atoms with van der Waals surface area (Å²) in [7, 11) is 1.57. The maximum atomic E-state index is 13.5. The number of hydrogen-bond acceptors (Lipinski definition) is 6. The van der Waals surface area contributed by atoms with E-state index < -0.39 is 11.8 Å². The number of benzene rings is 1. The molecule has 0 unspecified atom stereocenters. The Morgan fingerprint density at radius 2 is 1.92 bits per heavy atom. The second-order valence-electron chi connectivity index (χ2n) is 9.07. The highest BCUT2D eigenvalue weighted by Crippen LogP contribution is 2.36. The summed E-state index contributed by atoms with van der Waals surface area (Å²) in [5, 5.41) is 3.73. The summed E-state index contributed by atoms with van der Waals surface area (Å²) < 4.78 is 9.56. The summed E-state index contributed by atoms with van der Waals surface area (Å²) in [4.78, 5) is 46.9. The predicted octanol–water partition coefficient (Wildman–Crippen LogP) is 4.65. The second-order valence-corrected chi connectivity index (χ2v) is 10.2. The molecule has 2 amide bonds. The number of aromatic nitrogens is 4. The third-order valence-electron chi connectivity index (χ3n) is 6.46. The Bertz CT molecular complexity index is 1830. The molecular weight excluding hydrogens is 611 g/mol. The summed E-state index contributed by atoms with van der Waals surface area (Å²) in [5.74, 6) is -0.467. The monoisotopic (exact) mass is 636 g/mol. The van der Waals surface area contributed by atoms with Crippen LogP contribution in [0.3, 0.4) is 0 Å². The maximum absolute atomic E-state index is 13.5. The molecule has 0 aliphatic rings. The normalized spacial score (nSPS) is 11.2. The lowest BCUT2D eigenvalue weighted by molar-refractivity contribution is 0.0995. The minimum absolute atomic E-state index is 0.224. The molecule has 0 bridgehead atoms. The van der Waals surface area contributed by atoms with E-state index in [4.69, 9.17) is 15.2 Å². The first-order valence-corrected chi connectivity index (χ1v) is 13.2. The quantitative estimate of drug-likeness (QED) is 0.261. The average Bonchev–Trinajstić information content (AvgIpc) is 3.34. The molecule has 10 nitrogen and oxygen atoms in total. The van der Waals surface area contributed by atoms with Gasteiger partial charge in [-0.05, 0) is 73.7 Å². The predicted molar refractivity (Wildman–Crippen MR) is 157 cm³/mol. The Labute approximate surface area is 237 Å². The van der Waals surface area contributed by atoms with Crippen molar-refractivity contribution >= 4 is 51.0 Å². The first-order chi connectivity index (χ1) is 18.6. The molecule has 1 aromatic carbocycles. The van der Waals surface area contributed by atoms with Gasteiger partial charge in [-0.3, -0.25) is 19.4 Å². The molecule has 39 heavy (non-hydrogen) atoms. The van der Waals surface area contributed by atoms with Crippen molar-refractivity contribution in [2.45, 2.75) is 27.3 Å². The van der Waals surface area contributed by atoms with E-state index in [0.717, 1.165) is 14.7 Å². The fourth-order valence-electron chi connectivity index (χ4n) is 4.74. The van der Waals surface area contributed by atoms with Crippen molar-refractivity contribution in [3.63, 3.8) is 0 Å². The molecule has 5 rings (SSSR count). The number of nitrogens with two attached hydrogens (primary N) is 1. The molecule has 0 spiro atoms. The number of rotatable bonds is 6. The van der Waals surface area contributed by atoms with E-state index in [2.05, 4.69) is 32.9 Å². The molecular formula is C28H25IN6O4. The van der Waals surface area contributed by atoms with Gasteiger partial charge in [0.2, 0.25) is 5.91 Å². The van der Waals surface area contributed by atoms with Crippen LogP contribution in [0, 0.1) is 17.4 Å². The molecule has 4 aromatic heterocycles. The molecule has 0 aliphatic heterocycles. The highest BCUT2D eigenvalue weighted by molar-refractivity contribution is 14.1. The molecule has 11 heteroatoms. The number of anilines is 1. The zero-order chi connectivity index (χ0) is 28.0. The smallest absolute Gasteiger partial charge is 0.290 e. The minimum Gasteiger partial charge on any atom is -0.381 e. The fraction of sp³-hybridized carbons (Fsp3) is 0.179. The number of aryl methyl sites for hydroxylation is 4. The van der Waals surface area contributed by atoms with Crippen molar-refractivity contribution in [2.24, 2.45) is 12.8 Å². The number of carbonyl (C=O) groups is 2. The molecule has 0 fully saturated rings. The van der Waals surface area contributed by atoms with Gasteiger partial charge in [-0.2, -0.15) is 4.74 Å². The van der Waals surface area contributed by atoms with Crippen molar-refractivity contribution in [2.75, 3.05) is 5.32 Å². The van der Waals surface area contributed by atoms with Crippen LogP contribution in [0.25, 0.3) is 33.4 Å². The van der Waals surface area contributed by atoms with Crippen LogP contribution in [0.1, 0.15) is 39.2 Å².